The molecule has 0 amide bonds. The maximum Gasteiger partial charge on any atom is 0.222 e. The third kappa shape index (κ3) is 5.54. The van der Waals surface area contributed by atoms with Gasteiger partial charge >= 0.3 is 0 Å². The van der Waals surface area contributed by atoms with Crippen LogP contribution < -0.4 is 20.9 Å². The maximum atomic E-state index is 6.03. The van der Waals surface area contributed by atoms with Gasteiger partial charge in [-0.15, -0.1) is 0 Å². The zero-order valence-corrected chi connectivity index (χ0v) is 18.1. The number of aryl methyl sites for hydroxylation is 2. The Morgan fingerprint density at radius 2 is 1.63 bits per heavy atom. The van der Waals surface area contributed by atoms with Gasteiger partial charge in [-0.3, -0.25) is 0 Å². The lowest BCUT2D eigenvalue weighted by Gasteiger charge is -2.14. The van der Waals surface area contributed by atoms with Crippen LogP contribution in [0.15, 0.2) is 42.5 Å². The van der Waals surface area contributed by atoms with Crippen LogP contribution in [0.2, 0.25) is 5.02 Å². The van der Waals surface area contributed by atoms with Gasteiger partial charge in [0.25, 0.3) is 0 Å². The monoisotopic (exact) mass is 426 g/mol. The number of hydrogen-bond donors (Lipinski definition) is 2. The molecule has 0 atom stereocenters. The molecule has 0 aliphatic heterocycles. The van der Waals surface area contributed by atoms with Crippen molar-refractivity contribution in [1.82, 2.24) is 9.97 Å². The van der Waals surface area contributed by atoms with Crippen molar-refractivity contribution in [3.05, 3.63) is 58.7 Å². The van der Waals surface area contributed by atoms with Crippen LogP contribution in [0.5, 0.6) is 11.5 Å². The SMILES string of the molecule is CCCc1cc(-c2ccc(Cl)cc2)ccc1OCCCOc1c(C)nc(N)nc1N. The normalized spacial score (nSPS) is 10.8. The first-order chi connectivity index (χ1) is 14.5. The number of nitrogens with two attached hydrogens (primary N) is 2. The van der Waals surface area contributed by atoms with Crippen LogP contribution in [0.3, 0.4) is 0 Å². The maximum absolute atomic E-state index is 6.03. The van der Waals surface area contributed by atoms with Crippen molar-refractivity contribution < 1.29 is 9.47 Å². The molecule has 0 spiro atoms. The number of nitrogens with zero attached hydrogens (tertiary/aromatic N) is 2. The Labute approximate surface area is 182 Å². The Balaban J connectivity index is 1.59. The predicted molar refractivity (Wildman–Crippen MR) is 122 cm³/mol. The van der Waals surface area contributed by atoms with Gasteiger partial charge in [-0.25, -0.2) is 4.98 Å². The van der Waals surface area contributed by atoms with Gasteiger partial charge in [0.2, 0.25) is 5.95 Å². The van der Waals surface area contributed by atoms with Crippen LogP contribution in [0.4, 0.5) is 11.8 Å². The van der Waals surface area contributed by atoms with Crippen molar-refractivity contribution in [3.63, 3.8) is 0 Å². The molecule has 30 heavy (non-hydrogen) atoms. The highest BCUT2D eigenvalue weighted by Gasteiger charge is 2.10. The molecule has 6 nitrogen and oxygen atoms in total. The molecule has 1 heterocycles. The van der Waals surface area contributed by atoms with Gasteiger partial charge in [-0.2, -0.15) is 4.98 Å². The molecule has 0 aliphatic rings. The molecule has 3 aromatic rings. The molecule has 3 rings (SSSR count). The van der Waals surface area contributed by atoms with Crippen LogP contribution in [0.25, 0.3) is 11.1 Å². The summed E-state index contributed by atoms with van der Waals surface area (Å²) in [6, 6.07) is 14.2. The summed E-state index contributed by atoms with van der Waals surface area (Å²) in [5, 5.41) is 0.734. The van der Waals surface area contributed by atoms with Crippen LogP contribution in [-0.2, 0) is 6.42 Å². The Hall–Kier alpha value is -2.99. The number of nitrogen functional groups attached to an aromatic ring is 2. The van der Waals surface area contributed by atoms with Gasteiger partial charge < -0.3 is 20.9 Å². The Morgan fingerprint density at radius 3 is 2.33 bits per heavy atom. The van der Waals surface area contributed by atoms with Crippen LogP contribution in [0, 0.1) is 6.92 Å². The van der Waals surface area contributed by atoms with E-state index < -0.39 is 0 Å². The summed E-state index contributed by atoms with van der Waals surface area (Å²) < 4.78 is 11.8. The fourth-order valence-corrected chi connectivity index (χ4v) is 3.33. The van der Waals surface area contributed by atoms with E-state index in [1.807, 2.05) is 30.3 Å². The molecule has 0 radical (unpaired) electrons. The van der Waals surface area contributed by atoms with Crippen molar-refractivity contribution >= 4 is 23.4 Å². The van der Waals surface area contributed by atoms with Crippen molar-refractivity contribution in [1.29, 1.82) is 0 Å². The molecular formula is C23H27ClN4O2. The third-order valence-corrected chi connectivity index (χ3v) is 4.88. The van der Waals surface area contributed by atoms with Crippen molar-refractivity contribution in [2.24, 2.45) is 0 Å². The van der Waals surface area contributed by atoms with E-state index in [1.165, 1.54) is 5.56 Å². The van der Waals surface area contributed by atoms with Crippen LogP contribution in [-0.4, -0.2) is 23.2 Å². The van der Waals surface area contributed by atoms with Gasteiger partial charge in [0, 0.05) is 11.4 Å². The van der Waals surface area contributed by atoms with Gasteiger partial charge in [-0.05, 0) is 54.3 Å². The number of anilines is 2. The zero-order valence-electron chi connectivity index (χ0n) is 17.3. The van der Waals surface area contributed by atoms with Crippen molar-refractivity contribution in [2.75, 3.05) is 24.7 Å². The van der Waals surface area contributed by atoms with Crippen molar-refractivity contribution in [2.45, 2.75) is 33.1 Å². The molecule has 4 N–H and O–H groups in total. The topological polar surface area (TPSA) is 96.3 Å². The van der Waals surface area contributed by atoms with Gasteiger partial charge in [0.1, 0.15) is 5.75 Å². The second kappa shape index (κ2) is 10.2. The number of ether oxygens (including phenoxy) is 2. The molecule has 0 unspecified atom stereocenters. The molecule has 158 valence electrons. The number of aromatic nitrogens is 2. The molecule has 7 heteroatoms. The summed E-state index contributed by atoms with van der Waals surface area (Å²) >= 11 is 6.00. The zero-order chi connectivity index (χ0) is 21.5. The molecule has 0 saturated heterocycles. The summed E-state index contributed by atoms with van der Waals surface area (Å²) in [4.78, 5) is 8.01. The van der Waals surface area contributed by atoms with Gasteiger partial charge in [-0.1, -0.05) is 43.1 Å². The second-order valence-electron chi connectivity index (χ2n) is 7.01. The largest absolute Gasteiger partial charge is 0.493 e. The van der Waals surface area contributed by atoms with E-state index in [2.05, 4.69) is 29.0 Å². The third-order valence-electron chi connectivity index (χ3n) is 4.63. The Kier molecular flexibility index (Phi) is 7.36. The molecule has 0 aliphatic carbocycles. The average Bonchev–Trinajstić information content (AvgIpc) is 2.71. The van der Waals surface area contributed by atoms with Gasteiger partial charge in [0.05, 0.1) is 18.9 Å². The standard InChI is InChI=1S/C23H27ClN4O2/c1-3-5-18-14-17(16-6-9-19(24)10-7-16)8-11-20(18)29-12-4-13-30-21-15(2)27-23(26)28-22(21)25/h6-11,14H,3-5,12-13H2,1-2H3,(H4,25,26,27,28). The molecule has 0 fully saturated rings. The molecule has 0 bridgehead atoms. The highest BCUT2D eigenvalue weighted by atomic mass is 35.5. The second-order valence-corrected chi connectivity index (χ2v) is 7.45. The predicted octanol–water partition coefficient (Wildman–Crippen LogP) is 5.07. The highest BCUT2D eigenvalue weighted by Crippen LogP contribution is 2.29. The summed E-state index contributed by atoms with van der Waals surface area (Å²) in [5.41, 5.74) is 15.5. The van der Waals surface area contributed by atoms with Crippen LogP contribution >= 0.6 is 11.6 Å². The summed E-state index contributed by atoms with van der Waals surface area (Å²) in [6.45, 7) is 4.93. The average molecular weight is 427 g/mol. The lowest BCUT2D eigenvalue weighted by molar-refractivity contribution is 0.245. The van der Waals surface area contributed by atoms with E-state index in [-0.39, 0.29) is 11.8 Å². The van der Waals surface area contributed by atoms with E-state index in [0.717, 1.165) is 34.7 Å². The van der Waals surface area contributed by atoms with E-state index in [1.54, 1.807) is 6.92 Å². The number of hydrogen-bond acceptors (Lipinski definition) is 6. The quantitative estimate of drug-likeness (QED) is 0.463. The van der Waals surface area contributed by atoms with E-state index in [4.69, 9.17) is 32.5 Å². The van der Waals surface area contributed by atoms with E-state index in [9.17, 15) is 0 Å². The highest BCUT2D eigenvalue weighted by molar-refractivity contribution is 6.30. The first-order valence-electron chi connectivity index (χ1n) is 10.0. The Bertz CT molecular complexity index is 970. The first-order valence-corrected chi connectivity index (χ1v) is 10.4. The summed E-state index contributed by atoms with van der Waals surface area (Å²) in [6.07, 6.45) is 2.69. The minimum Gasteiger partial charge on any atom is -0.493 e. The first kappa shape index (κ1) is 21.7. The van der Waals surface area contributed by atoms with E-state index in [0.29, 0.717) is 31.1 Å². The minimum atomic E-state index is 0.145. The van der Waals surface area contributed by atoms with Crippen LogP contribution in [0.1, 0.15) is 31.0 Å². The molecular weight excluding hydrogens is 400 g/mol. The smallest absolute Gasteiger partial charge is 0.222 e. The molecule has 1 aromatic heterocycles. The number of benzene rings is 2. The fraction of sp³-hybridized carbons (Fsp3) is 0.304. The van der Waals surface area contributed by atoms with Crippen molar-refractivity contribution in [3.8, 4) is 22.6 Å². The minimum absolute atomic E-state index is 0.145. The number of rotatable bonds is 9. The summed E-state index contributed by atoms with van der Waals surface area (Å²) in [5.74, 6) is 1.78. The number of halogens is 1. The fourth-order valence-electron chi connectivity index (χ4n) is 3.21. The molecule has 0 saturated carbocycles. The van der Waals surface area contributed by atoms with E-state index >= 15 is 0 Å². The van der Waals surface area contributed by atoms with Gasteiger partial charge in [0.15, 0.2) is 11.6 Å². The molecule has 2 aromatic carbocycles. The summed E-state index contributed by atoms with van der Waals surface area (Å²) in [7, 11) is 0. The Morgan fingerprint density at radius 1 is 0.933 bits per heavy atom. The lowest BCUT2D eigenvalue weighted by atomic mass is 10.0. The lowest BCUT2D eigenvalue weighted by Crippen LogP contribution is -2.10.